The predicted octanol–water partition coefficient (Wildman–Crippen LogP) is 2.48. The molecule has 0 aliphatic carbocycles. The molecule has 0 amide bonds. The first-order chi connectivity index (χ1) is 12.3. The summed E-state index contributed by atoms with van der Waals surface area (Å²) in [6, 6.07) is 12.2. The van der Waals surface area contributed by atoms with E-state index >= 15 is 0 Å². The van der Waals surface area contributed by atoms with Gasteiger partial charge >= 0.3 is 0 Å². The van der Waals surface area contributed by atoms with Crippen LogP contribution in [-0.2, 0) is 13.0 Å². The minimum atomic E-state index is 0.613. The maximum atomic E-state index is 5.14. The van der Waals surface area contributed by atoms with E-state index in [0.717, 1.165) is 24.5 Å². The molecule has 0 aliphatic heterocycles. The molecule has 0 bridgehead atoms. The van der Waals surface area contributed by atoms with Gasteiger partial charge in [-0.25, -0.2) is 4.98 Å². The summed E-state index contributed by atoms with van der Waals surface area (Å²) < 4.78 is 5.14. The first-order valence-electron chi connectivity index (χ1n) is 8.28. The first kappa shape index (κ1) is 16.8. The van der Waals surface area contributed by atoms with Crippen LogP contribution in [0.4, 0.5) is 0 Å². The van der Waals surface area contributed by atoms with Crippen LogP contribution in [0.25, 0.3) is 10.9 Å². The minimum Gasteiger partial charge on any atom is -0.481 e. The third kappa shape index (κ3) is 4.29. The van der Waals surface area contributed by atoms with Crippen molar-refractivity contribution < 1.29 is 4.74 Å². The number of ether oxygens (including phenoxy) is 1. The molecule has 130 valence electrons. The second-order valence-corrected chi connectivity index (χ2v) is 5.67. The van der Waals surface area contributed by atoms with E-state index in [0.29, 0.717) is 12.4 Å². The Morgan fingerprint density at radius 1 is 1.24 bits per heavy atom. The number of para-hydroxylation sites is 1. The number of pyridine rings is 1. The Labute approximate surface area is 147 Å². The number of methoxy groups -OCH3 is 1. The van der Waals surface area contributed by atoms with Crippen LogP contribution >= 0.6 is 0 Å². The SMILES string of the molecule is CN=C(NCCc1c[nH]c2ccccc12)NCc1ccnc(OC)c1. The lowest BCUT2D eigenvalue weighted by molar-refractivity contribution is 0.397. The molecule has 2 heterocycles. The van der Waals surface area contributed by atoms with Gasteiger partial charge in [0.05, 0.1) is 7.11 Å². The van der Waals surface area contributed by atoms with E-state index in [1.165, 1.54) is 16.5 Å². The van der Waals surface area contributed by atoms with E-state index in [9.17, 15) is 0 Å². The molecule has 3 rings (SSSR count). The summed E-state index contributed by atoms with van der Waals surface area (Å²) in [7, 11) is 3.39. The lowest BCUT2D eigenvalue weighted by atomic mass is 10.1. The molecule has 3 aromatic rings. The number of aromatic amines is 1. The Morgan fingerprint density at radius 3 is 2.96 bits per heavy atom. The highest BCUT2D eigenvalue weighted by molar-refractivity contribution is 5.83. The molecule has 0 saturated carbocycles. The summed E-state index contributed by atoms with van der Waals surface area (Å²) in [5, 5.41) is 7.93. The average molecular weight is 337 g/mol. The number of fused-ring (bicyclic) bond motifs is 1. The average Bonchev–Trinajstić information content (AvgIpc) is 3.08. The monoisotopic (exact) mass is 337 g/mol. The maximum absolute atomic E-state index is 5.14. The molecule has 2 aromatic heterocycles. The Hall–Kier alpha value is -3.02. The Balaban J connectivity index is 1.51. The highest BCUT2D eigenvalue weighted by atomic mass is 16.5. The Kier molecular flexibility index (Phi) is 5.51. The smallest absolute Gasteiger partial charge is 0.213 e. The molecule has 6 heteroatoms. The van der Waals surface area contributed by atoms with Crippen molar-refractivity contribution in [3.63, 3.8) is 0 Å². The van der Waals surface area contributed by atoms with Crippen molar-refractivity contribution in [1.82, 2.24) is 20.6 Å². The van der Waals surface area contributed by atoms with Crippen molar-refractivity contribution in [2.24, 2.45) is 4.99 Å². The number of rotatable bonds is 6. The second-order valence-electron chi connectivity index (χ2n) is 5.67. The van der Waals surface area contributed by atoms with Gasteiger partial charge in [-0.05, 0) is 29.7 Å². The van der Waals surface area contributed by atoms with Gasteiger partial charge in [0, 0.05) is 49.5 Å². The molecule has 0 fully saturated rings. The summed E-state index contributed by atoms with van der Waals surface area (Å²) in [6.45, 7) is 1.47. The van der Waals surface area contributed by atoms with Gasteiger partial charge < -0.3 is 20.4 Å². The van der Waals surface area contributed by atoms with Gasteiger partial charge in [0.1, 0.15) is 0 Å². The van der Waals surface area contributed by atoms with Crippen LogP contribution in [0.2, 0.25) is 0 Å². The fraction of sp³-hybridized carbons (Fsp3) is 0.263. The zero-order valence-corrected chi connectivity index (χ0v) is 14.5. The van der Waals surface area contributed by atoms with Gasteiger partial charge in [0.15, 0.2) is 5.96 Å². The fourth-order valence-electron chi connectivity index (χ4n) is 2.73. The second kappa shape index (κ2) is 8.19. The number of hydrogen-bond donors (Lipinski definition) is 3. The number of hydrogen-bond acceptors (Lipinski definition) is 3. The molecule has 0 aliphatic rings. The molecule has 0 unspecified atom stereocenters. The van der Waals surface area contributed by atoms with Crippen LogP contribution in [-0.4, -0.2) is 36.6 Å². The van der Waals surface area contributed by atoms with Crippen molar-refractivity contribution in [3.8, 4) is 5.88 Å². The molecular weight excluding hydrogens is 314 g/mol. The van der Waals surface area contributed by atoms with Crippen LogP contribution in [0.1, 0.15) is 11.1 Å². The van der Waals surface area contributed by atoms with Crippen molar-refractivity contribution in [2.45, 2.75) is 13.0 Å². The maximum Gasteiger partial charge on any atom is 0.213 e. The Bertz CT molecular complexity index is 856. The van der Waals surface area contributed by atoms with Gasteiger partial charge in [-0.1, -0.05) is 18.2 Å². The topological polar surface area (TPSA) is 74.3 Å². The van der Waals surface area contributed by atoms with Gasteiger partial charge in [0.2, 0.25) is 5.88 Å². The Morgan fingerprint density at radius 2 is 2.12 bits per heavy atom. The molecule has 0 saturated heterocycles. The summed E-state index contributed by atoms with van der Waals surface area (Å²) in [6.07, 6.45) is 4.74. The standard InChI is InChI=1S/C19H23N5O/c1-20-19(24-12-14-7-9-21-18(11-14)25-2)22-10-8-15-13-23-17-6-4-3-5-16(15)17/h3-7,9,11,13,23H,8,10,12H2,1-2H3,(H2,20,22,24). The third-order valence-electron chi connectivity index (χ3n) is 4.05. The molecule has 1 aromatic carbocycles. The van der Waals surface area contributed by atoms with Crippen molar-refractivity contribution >= 4 is 16.9 Å². The van der Waals surface area contributed by atoms with Crippen LogP contribution < -0.4 is 15.4 Å². The van der Waals surface area contributed by atoms with E-state index in [4.69, 9.17) is 4.74 Å². The third-order valence-corrected chi connectivity index (χ3v) is 4.05. The minimum absolute atomic E-state index is 0.613. The van der Waals surface area contributed by atoms with E-state index in [1.807, 2.05) is 18.2 Å². The largest absolute Gasteiger partial charge is 0.481 e. The van der Waals surface area contributed by atoms with Crippen LogP contribution in [0, 0.1) is 0 Å². The summed E-state index contributed by atoms with van der Waals surface area (Å²) in [5.74, 6) is 1.39. The summed E-state index contributed by atoms with van der Waals surface area (Å²) in [4.78, 5) is 11.7. The van der Waals surface area contributed by atoms with E-state index in [2.05, 4.69) is 50.0 Å². The van der Waals surface area contributed by atoms with Crippen LogP contribution in [0.15, 0.2) is 53.8 Å². The molecule has 3 N–H and O–H groups in total. The molecule has 0 atom stereocenters. The molecule has 6 nitrogen and oxygen atoms in total. The van der Waals surface area contributed by atoms with Crippen molar-refractivity contribution in [1.29, 1.82) is 0 Å². The fourth-order valence-corrected chi connectivity index (χ4v) is 2.73. The summed E-state index contributed by atoms with van der Waals surface area (Å²) in [5.41, 5.74) is 3.57. The number of guanidine groups is 1. The number of aliphatic imine (C=N–C) groups is 1. The summed E-state index contributed by atoms with van der Waals surface area (Å²) >= 11 is 0. The predicted molar refractivity (Wildman–Crippen MR) is 101 cm³/mol. The van der Waals surface area contributed by atoms with Crippen LogP contribution in [0.3, 0.4) is 0 Å². The van der Waals surface area contributed by atoms with Gasteiger partial charge in [-0.15, -0.1) is 0 Å². The van der Waals surface area contributed by atoms with Crippen molar-refractivity contribution in [3.05, 3.63) is 59.9 Å². The highest BCUT2D eigenvalue weighted by Crippen LogP contribution is 2.17. The van der Waals surface area contributed by atoms with E-state index in [1.54, 1.807) is 20.4 Å². The van der Waals surface area contributed by atoms with Crippen molar-refractivity contribution in [2.75, 3.05) is 20.7 Å². The van der Waals surface area contributed by atoms with Crippen LogP contribution in [0.5, 0.6) is 5.88 Å². The number of nitrogens with zero attached hydrogens (tertiary/aromatic N) is 2. The number of aromatic nitrogens is 2. The van der Waals surface area contributed by atoms with Gasteiger partial charge in [-0.2, -0.15) is 0 Å². The molecule has 25 heavy (non-hydrogen) atoms. The normalized spacial score (nSPS) is 11.5. The van der Waals surface area contributed by atoms with Gasteiger partial charge in [0.25, 0.3) is 0 Å². The highest BCUT2D eigenvalue weighted by Gasteiger charge is 2.04. The number of benzene rings is 1. The lowest BCUT2D eigenvalue weighted by Gasteiger charge is -2.12. The van der Waals surface area contributed by atoms with Gasteiger partial charge in [-0.3, -0.25) is 4.99 Å². The molecule has 0 radical (unpaired) electrons. The molecular formula is C19H23N5O. The number of H-pyrrole nitrogens is 1. The zero-order chi connectivity index (χ0) is 17.5. The quantitative estimate of drug-likeness (QED) is 0.477. The lowest BCUT2D eigenvalue weighted by Crippen LogP contribution is -2.37. The molecule has 0 spiro atoms. The van der Waals surface area contributed by atoms with E-state index < -0.39 is 0 Å². The first-order valence-corrected chi connectivity index (χ1v) is 8.28. The number of nitrogens with one attached hydrogen (secondary N) is 3. The van der Waals surface area contributed by atoms with E-state index in [-0.39, 0.29) is 0 Å². The zero-order valence-electron chi connectivity index (χ0n) is 14.5.